The molecule has 0 saturated heterocycles. The molecule has 1 fully saturated rings. The van der Waals surface area contributed by atoms with Gasteiger partial charge >= 0.3 is 0 Å². The Hall–Kier alpha value is -0.530. The van der Waals surface area contributed by atoms with Crippen LogP contribution in [-0.2, 0) is 0 Å². The normalized spacial score (nSPS) is 16.3. The molecule has 0 aromatic heterocycles. The Morgan fingerprint density at radius 2 is 2.21 bits per heavy atom. The van der Waals surface area contributed by atoms with Crippen LogP contribution in [0.25, 0.3) is 0 Å². The van der Waals surface area contributed by atoms with E-state index in [9.17, 15) is 0 Å². The number of rotatable bonds is 3. The highest BCUT2D eigenvalue weighted by atomic mass is 35.5. The molecule has 14 heavy (non-hydrogen) atoms. The molecule has 1 radical (unpaired) electrons. The highest BCUT2D eigenvalue weighted by molar-refractivity contribution is 6.30. The molecule has 1 saturated carbocycles. The SMILES string of the molecule is C[C](CO)c1cc(Cl)ccc1C1CC1. The van der Waals surface area contributed by atoms with Crippen LogP contribution >= 0.6 is 11.6 Å². The summed E-state index contributed by atoms with van der Waals surface area (Å²) in [7, 11) is 0. The minimum Gasteiger partial charge on any atom is -0.395 e. The molecule has 0 heterocycles. The van der Waals surface area contributed by atoms with Crippen LogP contribution in [-0.4, -0.2) is 11.7 Å². The number of hydrogen-bond acceptors (Lipinski definition) is 1. The van der Waals surface area contributed by atoms with E-state index in [4.69, 9.17) is 16.7 Å². The van der Waals surface area contributed by atoms with E-state index in [0.717, 1.165) is 16.5 Å². The van der Waals surface area contributed by atoms with Crippen LogP contribution < -0.4 is 0 Å². The summed E-state index contributed by atoms with van der Waals surface area (Å²) in [6.45, 7) is 2.07. The predicted octanol–water partition coefficient (Wildman–Crippen LogP) is 3.15. The molecule has 0 bridgehead atoms. The van der Waals surface area contributed by atoms with E-state index in [0.29, 0.717) is 5.92 Å². The number of aliphatic hydroxyl groups excluding tert-OH is 1. The third-order valence-corrected chi connectivity index (χ3v) is 2.96. The summed E-state index contributed by atoms with van der Waals surface area (Å²) >= 11 is 5.95. The third kappa shape index (κ3) is 1.94. The van der Waals surface area contributed by atoms with Crippen molar-refractivity contribution in [3.05, 3.63) is 40.3 Å². The lowest BCUT2D eigenvalue weighted by Crippen LogP contribution is -2.03. The Bertz CT molecular complexity index is 331. The van der Waals surface area contributed by atoms with Gasteiger partial charge in [0, 0.05) is 10.9 Å². The standard InChI is InChI=1S/C12H14ClO/c1-8(7-14)12-6-10(13)4-5-11(12)9-2-3-9/h4-6,9,14H,2-3,7H2,1H3. The lowest BCUT2D eigenvalue weighted by Gasteiger charge is -2.13. The van der Waals surface area contributed by atoms with Gasteiger partial charge in [0.05, 0.1) is 6.61 Å². The van der Waals surface area contributed by atoms with Crippen LogP contribution in [0.2, 0.25) is 5.02 Å². The average Bonchev–Trinajstić information content (AvgIpc) is 3.00. The van der Waals surface area contributed by atoms with E-state index in [1.165, 1.54) is 18.4 Å². The van der Waals surface area contributed by atoms with E-state index in [1.807, 2.05) is 19.1 Å². The molecule has 0 unspecified atom stereocenters. The first-order valence-corrected chi connectivity index (χ1v) is 5.33. The molecule has 1 nitrogen and oxygen atoms in total. The predicted molar refractivity (Wildman–Crippen MR) is 58.5 cm³/mol. The van der Waals surface area contributed by atoms with Gasteiger partial charge in [0.1, 0.15) is 0 Å². The molecular formula is C12H14ClO. The van der Waals surface area contributed by atoms with Crippen LogP contribution in [0, 0.1) is 5.92 Å². The minimum absolute atomic E-state index is 0.111. The molecule has 1 aromatic carbocycles. The monoisotopic (exact) mass is 209 g/mol. The summed E-state index contributed by atoms with van der Waals surface area (Å²) < 4.78 is 0. The van der Waals surface area contributed by atoms with Crippen molar-refractivity contribution in [2.45, 2.75) is 25.7 Å². The third-order valence-electron chi connectivity index (χ3n) is 2.73. The molecule has 1 aromatic rings. The summed E-state index contributed by atoms with van der Waals surface area (Å²) in [4.78, 5) is 0. The molecule has 1 aliphatic carbocycles. The second-order valence-corrected chi connectivity index (χ2v) is 4.38. The van der Waals surface area contributed by atoms with Gasteiger partial charge in [-0.25, -0.2) is 0 Å². The number of benzene rings is 1. The fourth-order valence-corrected chi connectivity index (χ4v) is 1.91. The van der Waals surface area contributed by atoms with Gasteiger partial charge in [-0.2, -0.15) is 0 Å². The van der Waals surface area contributed by atoms with Crippen LogP contribution in [0.5, 0.6) is 0 Å². The largest absolute Gasteiger partial charge is 0.395 e. The van der Waals surface area contributed by atoms with Crippen molar-refractivity contribution >= 4 is 11.6 Å². The quantitative estimate of drug-likeness (QED) is 0.811. The zero-order chi connectivity index (χ0) is 10.1. The molecule has 2 rings (SSSR count). The average molecular weight is 210 g/mol. The Balaban J connectivity index is 2.37. The summed E-state index contributed by atoms with van der Waals surface area (Å²) in [5.41, 5.74) is 2.49. The Labute approximate surface area is 89.7 Å². The minimum atomic E-state index is 0.111. The van der Waals surface area contributed by atoms with Crippen molar-refractivity contribution in [3.8, 4) is 0 Å². The van der Waals surface area contributed by atoms with Crippen LogP contribution in [0.1, 0.15) is 36.8 Å². The van der Waals surface area contributed by atoms with Gasteiger partial charge in [0.25, 0.3) is 0 Å². The van der Waals surface area contributed by atoms with Gasteiger partial charge in [-0.05, 0) is 42.0 Å². The van der Waals surface area contributed by atoms with E-state index in [2.05, 4.69) is 6.07 Å². The fourth-order valence-electron chi connectivity index (χ4n) is 1.73. The number of aliphatic hydroxyl groups is 1. The molecule has 1 N–H and O–H groups in total. The molecule has 0 amide bonds. The topological polar surface area (TPSA) is 20.2 Å². The van der Waals surface area contributed by atoms with E-state index in [-0.39, 0.29) is 6.61 Å². The van der Waals surface area contributed by atoms with Crippen molar-refractivity contribution in [3.63, 3.8) is 0 Å². The van der Waals surface area contributed by atoms with Gasteiger partial charge < -0.3 is 5.11 Å². The van der Waals surface area contributed by atoms with Gasteiger partial charge in [0.2, 0.25) is 0 Å². The lowest BCUT2D eigenvalue weighted by molar-refractivity contribution is 0.314. The molecule has 1 aliphatic rings. The van der Waals surface area contributed by atoms with Gasteiger partial charge in [0.15, 0.2) is 0 Å². The molecular weight excluding hydrogens is 196 g/mol. The smallest absolute Gasteiger partial charge is 0.0534 e. The molecule has 0 aliphatic heterocycles. The first kappa shape index (κ1) is 10.0. The first-order chi connectivity index (χ1) is 6.72. The number of halogens is 1. The molecule has 75 valence electrons. The fraction of sp³-hybridized carbons (Fsp3) is 0.417. The molecule has 0 atom stereocenters. The van der Waals surface area contributed by atoms with Crippen molar-refractivity contribution in [1.29, 1.82) is 0 Å². The first-order valence-electron chi connectivity index (χ1n) is 4.95. The Morgan fingerprint density at radius 3 is 2.79 bits per heavy atom. The van der Waals surface area contributed by atoms with Crippen molar-refractivity contribution in [2.24, 2.45) is 0 Å². The van der Waals surface area contributed by atoms with Gasteiger partial charge in [-0.3, -0.25) is 0 Å². The second-order valence-electron chi connectivity index (χ2n) is 3.94. The number of hydrogen-bond donors (Lipinski definition) is 1. The summed E-state index contributed by atoms with van der Waals surface area (Å²) in [5, 5.41) is 9.87. The highest BCUT2D eigenvalue weighted by Gasteiger charge is 2.27. The second kappa shape index (κ2) is 3.92. The summed E-state index contributed by atoms with van der Waals surface area (Å²) in [5.74, 6) is 1.71. The van der Waals surface area contributed by atoms with E-state index < -0.39 is 0 Å². The Kier molecular flexibility index (Phi) is 2.80. The van der Waals surface area contributed by atoms with Gasteiger partial charge in [-0.1, -0.05) is 24.6 Å². The maximum absolute atomic E-state index is 9.13. The van der Waals surface area contributed by atoms with Crippen LogP contribution in [0.4, 0.5) is 0 Å². The van der Waals surface area contributed by atoms with Crippen molar-refractivity contribution < 1.29 is 5.11 Å². The van der Waals surface area contributed by atoms with Gasteiger partial charge in [-0.15, -0.1) is 0 Å². The summed E-state index contributed by atoms with van der Waals surface area (Å²) in [6.07, 6.45) is 2.54. The van der Waals surface area contributed by atoms with E-state index in [1.54, 1.807) is 0 Å². The molecule has 2 heteroatoms. The Morgan fingerprint density at radius 1 is 1.50 bits per heavy atom. The van der Waals surface area contributed by atoms with E-state index >= 15 is 0 Å². The molecule has 0 spiro atoms. The maximum atomic E-state index is 9.13. The van der Waals surface area contributed by atoms with Crippen molar-refractivity contribution in [1.82, 2.24) is 0 Å². The highest BCUT2D eigenvalue weighted by Crippen LogP contribution is 2.43. The lowest BCUT2D eigenvalue weighted by atomic mass is 9.94. The zero-order valence-corrected chi connectivity index (χ0v) is 9.01. The van der Waals surface area contributed by atoms with Crippen LogP contribution in [0.3, 0.4) is 0 Å². The maximum Gasteiger partial charge on any atom is 0.0534 e. The zero-order valence-electron chi connectivity index (χ0n) is 8.26. The van der Waals surface area contributed by atoms with Crippen LogP contribution in [0.15, 0.2) is 18.2 Å². The van der Waals surface area contributed by atoms with Crippen molar-refractivity contribution in [2.75, 3.05) is 6.61 Å². The summed E-state index contributed by atoms with van der Waals surface area (Å²) in [6, 6.07) is 5.98.